The molecule has 0 fully saturated rings. The maximum absolute atomic E-state index is 11.9. The number of alkyl halides is 3. The number of amides is 1. The van der Waals surface area contributed by atoms with Gasteiger partial charge in [0, 0.05) is 8.95 Å². The summed E-state index contributed by atoms with van der Waals surface area (Å²) < 4.78 is 41.7. The van der Waals surface area contributed by atoms with Gasteiger partial charge in [-0.05, 0) is 41.1 Å². The Morgan fingerprint density at radius 1 is 1.42 bits per heavy atom. The fourth-order valence-electron chi connectivity index (χ4n) is 1.12. The van der Waals surface area contributed by atoms with Crippen molar-refractivity contribution in [2.75, 3.05) is 11.9 Å². The van der Waals surface area contributed by atoms with Gasteiger partial charge in [0.1, 0.15) is 12.7 Å². The highest BCUT2D eigenvalue weighted by atomic mass is 79.9. The van der Waals surface area contributed by atoms with Crippen LogP contribution in [0.4, 0.5) is 18.9 Å². The van der Waals surface area contributed by atoms with Crippen LogP contribution in [-0.2, 0) is 9.53 Å². The molecule has 0 aliphatic heterocycles. The molecule has 1 atom stereocenters. The first-order chi connectivity index (χ1) is 8.69. The lowest BCUT2D eigenvalue weighted by Gasteiger charge is -2.15. The number of benzene rings is 1. The van der Waals surface area contributed by atoms with E-state index in [1.807, 2.05) is 0 Å². The molecule has 0 aliphatic carbocycles. The van der Waals surface area contributed by atoms with E-state index in [1.54, 1.807) is 18.2 Å². The first-order valence-electron chi connectivity index (χ1n) is 5.13. The molecule has 19 heavy (non-hydrogen) atoms. The molecule has 0 saturated carbocycles. The quantitative estimate of drug-likeness (QED) is 0.819. The smallest absolute Gasteiger partial charge is 0.359 e. The molecule has 0 radical (unpaired) electrons. The van der Waals surface area contributed by atoms with Gasteiger partial charge in [0.05, 0.1) is 5.69 Å². The Balaban J connectivity index is 2.59. The van der Waals surface area contributed by atoms with Gasteiger partial charge >= 0.3 is 6.18 Å². The van der Waals surface area contributed by atoms with Crippen LogP contribution in [-0.4, -0.2) is 24.8 Å². The number of rotatable bonds is 4. The van der Waals surface area contributed by atoms with Gasteiger partial charge in [-0.15, -0.1) is 0 Å². The first-order valence-corrected chi connectivity index (χ1v) is 6.72. The standard InChI is InChI=1S/C11H10Br2F3NO2/c1-6(19-5-11(14,15)16)10(18)17-9-3-2-7(12)4-8(9)13/h2-4,6H,5H2,1H3,(H,17,18)/t6-/m1/s1. The van der Waals surface area contributed by atoms with Crippen LogP contribution in [0.15, 0.2) is 27.1 Å². The number of hydrogen-bond donors (Lipinski definition) is 1. The first kappa shape index (κ1) is 16.5. The zero-order valence-corrected chi connectivity index (χ0v) is 12.9. The molecule has 106 valence electrons. The number of nitrogens with one attached hydrogen (secondary N) is 1. The molecular weight excluding hydrogens is 395 g/mol. The highest BCUT2D eigenvalue weighted by Gasteiger charge is 2.30. The minimum absolute atomic E-state index is 0.454. The Bertz CT molecular complexity index is 466. The van der Waals surface area contributed by atoms with Crippen molar-refractivity contribution in [3.05, 3.63) is 27.1 Å². The van der Waals surface area contributed by atoms with Crippen molar-refractivity contribution in [2.24, 2.45) is 0 Å². The maximum Gasteiger partial charge on any atom is 0.411 e. The van der Waals surface area contributed by atoms with Crippen molar-refractivity contribution >= 4 is 43.5 Å². The number of carbonyl (C=O) groups is 1. The van der Waals surface area contributed by atoms with Crippen LogP contribution in [0.2, 0.25) is 0 Å². The van der Waals surface area contributed by atoms with E-state index in [4.69, 9.17) is 0 Å². The molecule has 0 bridgehead atoms. The van der Waals surface area contributed by atoms with Crippen LogP contribution in [0.25, 0.3) is 0 Å². The molecule has 0 heterocycles. The Kier molecular flexibility index (Phi) is 5.82. The van der Waals surface area contributed by atoms with Gasteiger partial charge in [-0.2, -0.15) is 13.2 Å². The molecule has 3 nitrogen and oxygen atoms in total. The summed E-state index contributed by atoms with van der Waals surface area (Å²) in [5.74, 6) is -0.646. The van der Waals surface area contributed by atoms with Crippen LogP contribution >= 0.6 is 31.9 Å². The zero-order chi connectivity index (χ0) is 14.6. The summed E-state index contributed by atoms with van der Waals surface area (Å²) >= 11 is 6.48. The van der Waals surface area contributed by atoms with Crippen molar-refractivity contribution in [3.8, 4) is 0 Å². The van der Waals surface area contributed by atoms with E-state index in [1.165, 1.54) is 6.92 Å². The molecule has 1 aromatic carbocycles. The predicted molar refractivity (Wildman–Crippen MR) is 71.9 cm³/mol. The molecule has 1 amide bonds. The van der Waals surface area contributed by atoms with Crippen molar-refractivity contribution in [1.29, 1.82) is 0 Å². The van der Waals surface area contributed by atoms with Crippen molar-refractivity contribution in [3.63, 3.8) is 0 Å². The van der Waals surface area contributed by atoms with Gasteiger partial charge in [0.2, 0.25) is 0 Å². The SMILES string of the molecule is C[C@@H](OCC(F)(F)F)C(=O)Nc1ccc(Br)cc1Br. The highest BCUT2D eigenvalue weighted by Crippen LogP contribution is 2.26. The molecule has 0 saturated heterocycles. The predicted octanol–water partition coefficient (Wildman–Crippen LogP) is 4.12. The second-order valence-corrected chi connectivity index (χ2v) is 5.45. The molecule has 1 rings (SSSR count). The lowest BCUT2D eigenvalue weighted by atomic mass is 10.3. The fraction of sp³-hybridized carbons (Fsp3) is 0.364. The highest BCUT2D eigenvalue weighted by molar-refractivity contribution is 9.11. The van der Waals surface area contributed by atoms with Crippen molar-refractivity contribution in [2.45, 2.75) is 19.2 Å². The average molecular weight is 405 g/mol. The lowest BCUT2D eigenvalue weighted by molar-refractivity contribution is -0.184. The Morgan fingerprint density at radius 3 is 2.58 bits per heavy atom. The fourth-order valence-corrected chi connectivity index (χ4v) is 2.27. The number of carbonyl (C=O) groups excluding carboxylic acids is 1. The molecule has 0 aliphatic rings. The topological polar surface area (TPSA) is 38.3 Å². The van der Waals surface area contributed by atoms with Crippen molar-refractivity contribution in [1.82, 2.24) is 0 Å². The summed E-state index contributed by atoms with van der Waals surface area (Å²) in [5, 5.41) is 2.47. The molecule has 0 aromatic heterocycles. The van der Waals surface area contributed by atoms with Crippen molar-refractivity contribution < 1.29 is 22.7 Å². The normalized spacial score (nSPS) is 13.2. The number of ether oxygens (including phenoxy) is 1. The number of anilines is 1. The van der Waals surface area contributed by atoms with E-state index in [0.29, 0.717) is 10.2 Å². The second-order valence-electron chi connectivity index (χ2n) is 3.68. The van der Waals surface area contributed by atoms with Crippen LogP contribution in [0.1, 0.15) is 6.92 Å². The summed E-state index contributed by atoms with van der Waals surface area (Å²) in [5.41, 5.74) is 0.454. The van der Waals surface area contributed by atoms with Gasteiger partial charge in [-0.1, -0.05) is 15.9 Å². The molecule has 8 heteroatoms. The van der Waals surface area contributed by atoms with Gasteiger partial charge in [0.15, 0.2) is 0 Å². The zero-order valence-electron chi connectivity index (χ0n) is 9.72. The van der Waals surface area contributed by atoms with Crippen LogP contribution in [0.3, 0.4) is 0 Å². The van der Waals surface area contributed by atoms with E-state index in [9.17, 15) is 18.0 Å². The molecular formula is C11H10Br2F3NO2. The summed E-state index contributed by atoms with van der Waals surface area (Å²) in [4.78, 5) is 11.6. The molecule has 1 N–H and O–H groups in total. The van der Waals surface area contributed by atoms with E-state index < -0.39 is 24.8 Å². The van der Waals surface area contributed by atoms with Gasteiger partial charge in [-0.25, -0.2) is 0 Å². The van der Waals surface area contributed by atoms with Gasteiger partial charge < -0.3 is 10.1 Å². The number of halogens is 5. The third kappa shape index (κ3) is 5.92. The van der Waals surface area contributed by atoms with E-state index in [0.717, 1.165) is 4.47 Å². The largest absolute Gasteiger partial charge is 0.411 e. The van der Waals surface area contributed by atoms with E-state index in [-0.39, 0.29) is 0 Å². The summed E-state index contributed by atoms with van der Waals surface area (Å²) in [6, 6.07) is 5.01. The molecule has 0 spiro atoms. The van der Waals surface area contributed by atoms with E-state index in [2.05, 4.69) is 41.9 Å². The maximum atomic E-state index is 11.9. The Morgan fingerprint density at radius 2 is 2.05 bits per heavy atom. The van der Waals surface area contributed by atoms with Gasteiger partial charge in [0.25, 0.3) is 5.91 Å². The third-order valence-corrected chi connectivity index (χ3v) is 3.20. The minimum Gasteiger partial charge on any atom is -0.359 e. The molecule has 0 unspecified atom stereocenters. The molecule has 1 aromatic rings. The Hall–Kier alpha value is -0.600. The summed E-state index contributed by atoms with van der Waals surface area (Å²) in [7, 11) is 0. The van der Waals surface area contributed by atoms with Crippen LogP contribution in [0, 0.1) is 0 Å². The third-order valence-electron chi connectivity index (χ3n) is 2.06. The van der Waals surface area contributed by atoms with Crippen LogP contribution in [0.5, 0.6) is 0 Å². The second kappa shape index (κ2) is 6.71. The average Bonchev–Trinajstić information content (AvgIpc) is 2.28. The Labute approximate surface area is 124 Å². The van der Waals surface area contributed by atoms with E-state index >= 15 is 0 Å². The van der Waals surface area contributed by atoms with Gasteiger partial charge in [-0.3, -0.25) is 4.79 Å². The van der Waals surface area contributed by atoms with Crippen LogP contribution < -0.4 is 5.32 Å². The summed E-state index contributed by atoms with van der Waals surface area (Å²) in [6.45, 7) is -0.197. The lowest BCUT2D eigenvalue weighted by Crippen LogP contribution is -2.31. The monoisotopic (exact) mass is 403 g/mol. The summed E-state index contributed by atoms with van der Waals surface area (Å²) in [6.07, 6.45) is -5.65. The number of hydrogen-bond acceptors (Lipinski definition) is 2. The minimum atomic E-state index is -4.45.